The minimum Gasteiger partial charge on any atom is -0.462 e. The maximum atomic E-state index is 13.1. The summed E-state index contributed by atoms with van der Waals surface area (Å²) in [7, 11) is 0. The molecule has 0 saturated carbocycles. The highest BCUT2D eigenvalue weighted by atomic mass is 127. The van der Waals surface area contributed by atoms with Crippen LogP contribution in [0.5, 0.6) is 0 Å². The van der Waals surface area contributed by atoms with Crippen LogP contribution in [0.3, 0.4) is 0 Å². The van der Waals surface area contributed by atoms with Crippen molar-refractivity contribution in [1.29, 1.82) is 0 Å². The second kappa shape index (κ2) is 4.50. The average Bonchev–Trinajstić information content (AvgIpc) is 2.04. The van der Waals surface area contributed by atoms with Crippen LogP contribution < -0.4 is 0 Å². The molecule has 0 bridgehead atoms. The lowest BCUT2D eigenvalue weighted by Gasteiger charge is -2.01. The van der Waals surface area contributed by atoms with Gasteiger partial charge in [0.1, 0.15) is 15.1 Å². The van der Waals surface area contributed by atoms with E-state index >= 15 is 0 Å². The lowest BCUT2D eigenvalue weighted by atomic mass is 10.3. The largest absolute Gasteiger partial charge is 0.462 e. The molecule has 0 aliphatic carbocycles. The molecule has 3 nitrogen and oxygen atoms in total. The second-order valence-electron chi connectivity index (χ2n) is 2.21. The first-order valence-corrected chi connectivity index (χ1v) is 4.71. The number of aromatic nitrogens is 1. The number of ether oxygens (including phenoxy) is 1. The number of rotatable bonds is 2. The van der Waals surface area contributed by atoms with E-state index in [1.807, 2.05) is 22.6 Å². The molecule has 1 rings (SSSR count). The van der Waals surface area contributed by atoms with Crippen molar-refractivity contribution in [3.63, 3.8) is 0 Å². The van der Waals surface area contributed by atoms with E-state index in [1.165, 1.54) is 12.3 Å². The zero-order valence-corrected chi connectivity index (χ0v) is 9.04. The Bertz CT molecular complexity index is 330. The highest BCUT2D eigenvalue weighted by Gasteiger charge is 2.13. The number of pyridine rings is 1. The van der Waals surface area contributed by atoms with E-state index < -0.39 is 11.8 Å². The van der Waals surface area contributed by atoms with Crippen molar-refractivity contribution in [3.8, 4) is 0 Å². The van der Waals surface area contributed by atoms with Gasteiger partial charge in [0.15, 0.2) is 0 Å². The zero-order chi connectivity index (χ0) is 9.84. The SMILES string of the molecule is CCOC(=O)c1cnc(I)cc1F. The second-order valence-corrected chi connectivity index (χ2v) is 3.31. The van der Waals surface area contributed by atoms with Gasteiger partial charge in [-0.05, 0) is 29.5 Å². The van der Waals surface area contributed by atoms with E-state index in [1.54, 1.807) is 6.92 Å². The van der Waals surface area contributed by atoms with Crippen molar-refractivity contribution in [2.75, 3.05) is 6.61 Å². The minimum absolute atomic E-state index is 0.123. The zero-order valence-electron chi connectivity index (χ0n) is 6.88. The number of carbonyl (C=O) groups excluding carboxylic acids is 1. The van der Waals surface area contributed by atoms with Gasteiger partial charge in [-0.1, -0.05) is 0 Å². The molecule has 5 heteroatoms. The Morgan fingerprint density at radius 3 is 3.00 bits per heavy atom. The molecule has 0 amide bonds. The fourth-order valence-electron chi connectivity index (χ4n) is 0.767. The monoisotopic (exact) mass is 295 g/mol. The molecule has 0 aromatic carbocycles. The van der Waals surface area contributed by atoms with Crippen LogP contribution in [0.1, 0.15) is 17.3 Å². The van der Waals surface area contributed by atoms with Crippen molar-refractivity contribution >= 4 is 28.6 Å². The summed E-state index contributed by atoms with van der Waals surface area (Å²) in [5.41, 5.74) is -0.123. The summed E-state index contributed by atoms with van der Waals surface area (Å²) in [6, 6.07) is 1.19. The molecule has 0 saturated heterocycles. The van der Waals surface area contributed by atoms with E-state index in [9.17, 15) is 9.18 Å². The molecule has 0 radical (unpaired) electrons. The standard InChI is InChI=1S/C8H7FINO2/c1-2-13-8(12)5-4-11-7(10)3-6(5)9/h3-4H,2H2,1H3. The van der Waals surface area contributed by atoms with E-state index in [0.717, 1.165) is 0 Å². The minimum atomic E-state index is -0.677. The molecular weight excluding hydrogens is 288 g/mol. The van der Waals surface area contributed by atoms with Crippen LogP contribution in [0.25, 0.3) is 0 Å². The third-order valence-electron chi connectivity index (χ3n) is 1.32. The van der Waals surface area contributed by atoms with E-state index in [0.29, 0.717) is 3.70 Å². The van der Waals surface area contributed by atoms with Gasteiger partial charge in [-0.15, -0.1) is 0 Å². The highest BCUT2D eigenvalue weighted by Crippen LogP contribution is 2.10. The first-order valence-electron chi connectivity index (χ1n) is 3.63. The van der Waals surface area contributed by atoms with Gasteiger partial charge in [-0.3, -0.25) is 0 Å². The number of esters is 1. The lowest BCUT2D eigenvalue weighted by molar-refractivity contribution is 0.0520. The Labute approximate surface area is 88.4 Å². The average molecular weight is 295 g/mol. The van der Waals surface area contributed by atoms with Gasteiger partial charge >= 0.3 is 5.97 Å². The molecule has 70 valence electrons. The maximum Gasteiger partial charge on any atom is 0.342 e. The first kappa shape index (κ1) is 10.4. The molecule has 1 aromatic heterocycles. The molecule has 0 aliphatic rings. The Kier molecular flexibility index (Phi) is 3.58. The summed E-state index contributed by atoms with van der Waals surface area (Å²) in [6.45, 7) is 1.89. The number of halogens is 2. The fraction of sp³-hybridized carbons (Fsp3) is 0.250. The first-order chi connectivity index (χ1) is 6.15. The third kappa shape index (κ3) is 2.61. The Morgan fingerprint density at radius 1 is 1.77 bits per heavy atom. The topological polar surface area (TPSA) is 39.2 Å². The van der Waals surface area contributed by atoms with Crippen molar-refractivity contribution in [3.05, 3.63) is 27.3 Å². The fourth-order valence-corrected chi connectivity index (χ4v) is 1.18. The molecule has 13 heavy (non-hydrogen) atoms. The molecule has 0 spiro atoms. The van der Waals surface area contributed by atoms with Gasteiger partial charge < -0.3 is 4.74 Å². The lowest BCUT2D eigenvalue weighted by Crippen LogP contribution is -2.08. The summed E-state index contributed by atoms with van der Waals surface area (Å²) in [4.78, 5) is 14.9. The van der Waals surface area contributed by atoms with Gasteiger partial charge in [-0.2, -0.15) is 0 Å². The number of hydrogen-bond donors (Lipinski definition) is 0. The van der Waals surface area contributed by atoms with Gasteiger partial charge in [0.05, 0.1) is 6.61 Å². The Balaban J connectivity index is 2.95. The van der Waals surface area contributed by atoms with Gasteiger partial charge in [0, 0.05) is 12.3 Å². The molecule has 1 aromatic rings. The van der Waals surface area contributed by atoms with Crippen LogP contribution >= 0.6 is 22.6 Å². The van der Waals surface area contributed by atoms with Crippen molar-refractivity contribution in [2.24, 2.45) is 0 Å². The number of nitrogens with zero attached hydrogens (tertiary/aromatic N) is 1. The normalized spacial score (nSPS) is 9.77. The molecule has 0 fully saturated rings. The third-order valence-corrected chi connectivity index (χ3v) is 1.91. The number of carbonyl (C=O) groups is 1. The quantitative estimate of drug-likeness (QED) is 0.476. The summed E-state index contributed by atoms with van der Waals surface area (Å²) in [5.74, 6) is -1.28. The van der Waals surface area contributed by atoms with Crippen molar-refractivity contribution in [1.82, 2.24) is 4.98 Å². The molecule has 0 atom stereocenters. The van der Waals surface area contributed by atoms with Crippen LogP contribution in [0.15, 0.2) is 12.3 Å². The molecular formula is C8H7FINO2. The summed E-state index contributed by atoms with van der Waals surface area (Å²) < 4.78 is 18.2. The molecule has 1 heterocycles. The number of hydrogen-bond acceptors (Lipinski definition) is 3. The Hall–Kier alpha value is -0.720. The summed E-state index contributed by atoms with van der Waals surface area (Å²) in [6.07, 6.45) is 1.18. The highest BCUT2D eigenvalue weighted by molar-refractivity contribution is 14.1. The van der Waals surface area contributed by atoms with Crippen LogP contribution in [0, 0.1) is 9.52 Å². The summed E-state index contributed by atoms with van der Waals surface area (Å²) >= 11 is 1.86. The van der Waals surface area contributed by atoms with Gasteiger partial charge in [-0.25, -0.2) is 14.2 Å². The summed E-state index contributed by atoms with van der Waals surface area (Å²) in [5, 5.41) is 0. The van der Waals surface area contributed by atoms with E-state index in [-0.39, 0.29) is 12.2 Å². The van der Waals surface area contributed by atoms with Crippen LogP contribution in [-0.4, -0.2) is 17.6 Å². The van der Waals surface area contributed by atoms with Crippen molar-refractivity contribution in [2.45, 2.75) is 6.92 Å². The predicted molar refractivity (Wildman–Crippen MR) is 52.9 cm³/mol. The molecule has 0 aliphatic heterocycles. The maximum absolute atomic E-state index is 13.1. The molecule has 0 unspecified atom stereocenters. The predicted octanol–water partition coefficient (Wildman–Crippen LogP) is 2.00. The van der Waals surface area contributed by atoms with Gasteiger partial charge in [0.2, 0.25) is 0 Å². The Morgan fingerprint density at radius 2 is 2.46 bits per heavy atom. The van der Waals surface area contributed by atoms with Crippen LogP contribution in [0.2, 0.25) is 0 Å². The van der Waals surface area contributed by atoms with E-state index in [2.05, 4.69) is 9.72 Å². The van der Waals surface area contributed by atoms with Crippen LogP contribution in [0.4, 0.5) is 4.39 Å². The smallest absolute Gasteiger partial charge is 0.342 e. The van der Waals surface area contributed by atoms with Gasteiger partial charge in [0.25, 0.3) is 0 Å². The van der Waals surface area contributed by atoms with E-state index in [4.69, 9.17) is 0 Å². The molecule has 0 N–H and O–H groups in total. The van der Waals surface area contributed by atoms with Crippen molar-refractivity contribution < 1.29 is 13.9 Å². The van der Waals surface area contributed by atoms with Crippen LogP contribution in [-0.2, 0) is 4.74 Å².